The Morgan fingerprint density at radius 2 is 1.66 bits per heavy atom. The molecule has 2 amide bonds. The lowest BCUT2D eigenvalue weighted by atomic mass is 9.98. The Kier molecular flexibility index (Phi) is 7.08. The maximum absolute atomic E-state index is 14.0. The largest absolute Gasteiger partial charge is 0.493 e. The first-order valence-corrected chi connectivity index (χ1v) is 11.6. The normalized spacial score (nSPS) is 19.6. The standard InChI is InChI=1S/C26H31FN2O3/c1-19-12-15-28(16-13-19)25(30)21-8-10-22(11-9-21)32-18-20-5-4-14-29(17-20)26(31)23-6-2-3-7-24(23)27/h2-3,6-11,19-20H,4-5,12-18H2,1H3. The van der Waals surface area contributed by atoms with Gasteiger partial charge in [0.25, 0.3) is 11.8 Å². The van der Waals surface area contributed by atoms with Crippen LogP contribution in [0, 0.1) is 17.7 Å². The molecule has 2 aromatic carbocycles. The number of amides is 2. The molecule has 1 unspecified atom stereocenters. The molecule has 0 aromatic heterocycles. The first kappa shape index (κ1) is 22.3. The van der Waals surface area contributed by atoms with Crippen LogP contribution in [0.2, 0.25) is 0 Å². The van der Waals surface area contributed by atoms with E-state index < -0.39 is 5.82 Å². The van der Waals surface area contributed by atoms with E-state index in [9.17, 15) is 14.0 Å². The van der Waals surface area contributed by atoms with Crippen LogP contribution in [0.25, 0.3) is 0 Å². The van der Waals surface area contributed by atoms with Crippen molar-refractivity contribution in [3.05, 3.63) is 65.5 Å². The highest BCUT2D eigenvalue weighted by Gasteiger charge is 2.26. The lowest BCUT2D eigenvalue weighted by molar-refractivity contribution is 0.0628. The molecule has 4 rings (SSSR count). The van der Waals surface area contributed by atoms with Gasteiger partial charge in [0.2, 0.25) is 0 Å². The van der Waals surface area contributed by atoms with Gasteiger partial charge in [-0.2, -0.15) is 0 Å². The van der Waals surface area contributed by atoms with E-state index in [-0.39, 0.29) is 23.3 Å². The number of rotatable bonds is 5. The van der Waals surface area contributed by atoms with Crippen molar-refractivity contribution >= 4 is 11.8 Å². The minimum Gasteiger partial charge on any atom is -0.493 e. The summed E-state index contributed by atoms with van der Waals surface area (Å²) in [5.41, 5.74) is 0.809. The minimum atomic E-state index is -0.482. The smallest absolute Gasteiger partial charge is 0.256 e. The van der Waals surface area contributed by atoms with Crippen LogP contribution >= 0.6 is 0 Å². The number of carbonyl (C=O) groups is 2. The average Bonchev–Trinajstić information content (AvgIpc) is 2.83. The van der Waals surface area contributed by atoms with E-state index in [4.69, 9.17) is 4.74 Å². The highest BCUT2D eigenvalue weighted by molar-refractivity contribution is 5.95. The number of carbonyl (C=O) groups excluding carboxylic acids is 2. The summed E-state index contributed by atoms with van der Waals surface area (Å²) in [4.78, 5) is 29.0. The number of piperidine rings is 2. The lowest BCUT2D eigenvalue weighted by Crippen LogP contribution is -2.41. The van der Waals surface area contributed by atoms with Crippen LogP contribution in [0.5, 0.6) is 5.75 Å². The van der Waals surface area contributed by atoms with Gasteiger partial charge in [0.05, 0.1) is 12.2 Å². The third-order valence-electron chi connectivity index (χ3n) is 6.57. The Balaban J connectivity index is 1.29. The second-order valence-corrected chi connectivity index (χ2v) is 9.05. The van der Waals surface area contributed by atoms with E-state index in [1.54, 1.807) is 17.0 Å². The summed E-state index contributed by atoms with van der Waals surface area (Å²) in [5.74, 6) is 0.931. The molecule has 32 heavy (non-hydrogen) atoms. The predicted molar refractivity (Wildman–Crippen MR) is 121 cm³/mol. The number of likely N-dealkylation sites (tertiary alicyclic amines) is 2. The molecular weight excluding hydrogens is 407 g/mol. The van der Waals surface area contributed by atoms with Crippen LogP contribution < -0.4 is 4.74 Å². The van der Waals surface area contributed by atoms with E-state index in [1.165, 1.54) is 12.1 Å². The maximum atomic E-state index is 14.0. The van der Waals surface area contributed by atoms with Crippen molar-refractivity contribution < 1.29 is 18.7 Å². The van der Waals surface area contributed by atoms with Crippen LogP contribution in [-0.2, 0) is 0 Å². The highest BCUT2D eigenvalue weighted by Crippen LogP contribution is 2.23. The second-order valence-electron chi connectivity index (χ2n) is 9.05. The van der Waals surface area contributed by atoms with E-state index >= 15 is 0 Å². The molecule has 170 valence electrons. The fourth-order valence-corrected chi connectivity index (χ4v) is 4.49. The van der Waals surface area contributed by atoms with Crippen molar-refractivity contribution in [3.63, 3.8) is 0 Å². The molecule has 2 aliphatic heterocycles. The molecule has 0 saturated carbocycles. The summed E-state index contributed by atoms with van der Waals surface area (Å²) in [6, 6.07) is 13.4. The first-order valence-electron chi connectivity index (χ1n) is 11.6. The van der Waals surface area contributed by atoms with Gasteiger partial charge in [-0.25, -0.2) is 4.39 Å². The van der Waals surface area contributed by atoms with Gasteiger partial charge < -0.3 is 14.5 Å². The number of hydrogen-bond acceptors (Lipinski definition) is 3. The van der Waals surface area contributed by atoms with Crippen LogP contribution in [0.15, 0.2) is 48.5 Å². The van der Waals surface area contributed by atoms with Crippen molar-refractivity contribution in [2.75, 3.05) is 32.8 Å². The molecule has 5 nitrogen and oxygen atoms in total. The molecule has 2 fully saturated rings. The topological polar surface area (TPSA) is 49.9 Å². The maximum Gasteiger partial charge on any atom is 0.256 e. The van der Waals surface area contributed by atoms with Crippen molar-refractivity contribution in [1.29, 1.82) is 0 Å². The Hall–Kier alpha value is -2.89. The quantitative estimate of drug-likeness (QED) is 0.684. The first-order chi connectivity index (χ1) is 15.5. The highest BCUT2D eigenvalue weighted by atomic mass is 19.1. The van der Waals surface area contributed by atoms with Crippen LogP contribution in [0.1, 0.15) is 53.3 Å². The van der Waals surface area contributed by atoms with Crippen LogP contribution in [0.4, 0.5) is 4.39 Å². The summed E-state index contributed by atoms with van der Waals surface area (Å²) in [7, 11) is 0. The van der Waals surface area contributed by atoms with Crippen LogP contribution in [-0.4, -0.2) is 54.4 Å². The van der Waals surface area contributed by atoms with E-state index in [0.29, 0.717) is 36.9 Å². The van der Waals surface area contributed by atoms with Crippen molar-refractivity contribution in [3.8, 4) is 5.75 Å². The average molecular weight is 439 g/mol. The number of hydrogen-bond donors (Lipinski definition) is 0. The van der Waals surface area contributed by atoms with Gasteiger partial charge in [-0.15, -0.1) is 0 Å². The molecule has 0 aliphatic carbocycles. The zero-order valence-electron chi connectivity index (χ0n) is 18.6. The SMILES string of the molecule is CC1CCN(C(=O)c2ccc(OCC3CCCN(C(=O)c4ccccc4F)C3)cc2)CC1. The molecule has 2 heterocycles. The Morgan fingerprint density at radius 3 is 2.38 bits per heavy atom. The van der Waals surface area contributed by atoms with Crippen molar-refractivity contribution in [1.82, 2.24) is 9.80 Å². The number of ether oxygens (including phenoxy) is 1. The Labute approximate surface area is 189 Å². The molecule has 0 spiro atoms. The molecule has 6 heteroatoms. The van der Waals surface area contributed by atoms with Crippen molar-refractivity contribution in [2.45, 2.75) is 32.6 Å². The number of benzene rings is 2. The molecule has 2 saturated heterocycles. The monoisotopic (exact) mass is 438 g/mol. The minimum absolute atomic E-state index is 0.0815. The Bertz CT molecular complexity index is 938. The summed E-state index contributed by atoms with van der Waals surface area (Å²) in [5, 5.41) is 0. The zero-order chi connectivity index (χ0) is 22.5. The molecule has 0 radical (unpaired) electrons. The van der Waals surface area contributed by atoms with E-state index in [0.717, 1.165) is 38.8 Å². The van der Waals surface area contributed by atoms with Gasteiger partial charge in [-0.3, -0.25) is 9.59 Å². The van der Waals surface area contributed by atoms with Crippen molar-refractivity contribution in [2.24, 2.45) is 11.8 Å². The van der Waals surface area contributed by atoms with Gasteiger partial charge in [0.15, 0.2) is 0 Å². The lowest BCUT2D eigenvalue weighted by Gasteiger charge is -2.32. The zero-order valence-corrected chi connectivity index (χ0v) is 18.6. The second kappa shape index (κ2) is 10.2. The summed E-state index contributed by atoms with van der Waals surface area (Å²) in [6.45, 7) is 5.55. The van der Waals surface area contributed by atoms with E-state index in [1.807, 2.05) is 29.2 Å². The summed E-state index contributed by atoms with van der Waals surface area (Å²) >= 11 is 0. The summed E-state index contributed by atoms with van der Waals surface area (Å²) < 4.78 is 19.9. The van der Waals surface area contributed by atoms with E-state index in [2.05, 4.69) is 6.92 Å². The predicted octanol–water partition coefficient (Wildman–Crippen LogP) is 4.63. The fourth-order valence-electron chi connectivity index (χ4n) is 4.49. The van der Waals surface area contributed by atoms with Gasteiger partial charge in [0.1, 0.15) is 11.6 Å². The van der Waals surface area contributed by atoms with Crippen LogP contribution in [0.3, 0.4) is 0 Å². The molecule has 0 bridgehead atoms. The van der Waals surface area contributed by atoms with Gasteiger partial charge in [-0.05, 0) is 68.0 Å². The summed E-state index contributed by atoms with van der Waals surface area (Å²) in [6.07, 6.45) is 3.95. The molecule has 0 N–H and O–H groups in total. The molecular formula is C26H31FN2O3. The number of halogens is 1. The Morgan fingerprint density at radius 1 is 0.938 bits per heavy atom. The third kappa shape index (κ3) is 5.29. The van der Waals surface area contributed by atoms with Gasteiger partial charge in [-0.1, -0.05) is 19.1 Å². The van der Waals surface area contributed by atoms with Gasteiger partial charge in [0, 0.05) is 37.7 Å². The fraction of sp³-hybridized carbons (Fsp3) is 0.462. The number of nitrogens with zero attached hydrogens (tertiary/aromatic N) is 2. The third-order valence-corrected chi connectivity index (χ3v) is 6.57. The molecule has 2 aliphatic rings. The van der Waals surface area contributed by atoms with Gasteiger partial charge >= 0.3 is 0 Å². The molecule has 2 aromatic rings. The molecule has 1 atom stereocenters.